The molecule has 8 heteroatoms. The van der Waals surface area contributed by atoms with E-state index in [0.717, 1.165) is 32.4 Å². The standard InChI is InChI=1S/C21H38N4O4/c1-23-8-6-19(7-9-23)24-11-4-18(5-12-24)22-20(26)21(27)25-10-3-17(15-25)16-29-14-13-28-2/h17-19H,3-16H2,1-2H3,(H,22,26). The number of likely N-dealkylation sites (tertiary alicyclic amines) is 3. The Hall–Kier alpha value is -1.22. The number of carbonyl (C=O) groups excluding carboxylic acids is 2. The molecule has 8 nitrogen and oxygen atoms in total. The summed E-state index contributed by atoms with van der Waals surface area (Å²) in [5, 5.41) is 2.99. The van der Waals surface area contributed by atoms with Crippen molar-refractivity contribution in [3.8, 4) is 0 Å². The van der Waals surface area contributed by atoms with Crippen molar-refractivity contribution < 1.29 is 19.1 Å². The van der Waals surface area contributed by atoms with Gasteiger partial charge in [-0.2, -0.15) is 0 Å². The molecule has 0 aromatic rings. The van der Waals surface area contributed by atoms with Crippen LogP contribution in [0.15, 0.2) is 0 Å². The molecule has 0 aliphatic carbocycles. The summed E-state index contributed by atoms with van der Waals surface area (Å²) in [6.07, 6.45) is 5.22. The highest BCUT2D eigenvalue weighted by molar-refractivity contribution is 6.35. The Balaban J connectivity index is 1.34. The minimum atomic E-state index is -0.441. The molecular weight excluding hydrogens is 372 g/mol. The third kappa shape index (κ3) is 6.64. The lowest BCUT2D eigenvalue weighted by Crippen LogP contribution is -2.52. The second kappa shape index (κ2) is 11.2. The van der Waals surface area contributed by atoms with Crippen LogP contribution < -0.4 is 5.32 Å². The number of hydrogen-bond donors (Lipinski definition) is 1. The van der Waals surface area contributed by atoms with E-state index in [2.05, 4.69) is 22.2 Å². The predicted molar refractivity (Wildman–Crippen MR) is 111 cm³/mol. The van der Waals surface area contributed by atoms with Gasteiger partial charge in [-0.25, -0.2) is 0 Å². The number of piperidine rings is 2. The molecule has 29 heavy (non-hydrogen) atoms. The lowest BCUT2D eigenvalue weighted by Gasteiger charge is -2.41. The van der Waals surface area contributed by atoms with Crippen LogP contribution >= 0.6 is 0 Å². The highest BCUT2D eigenvalue weighted by atomic mass is 16.5. The quantitative estimate of drug-likeness (QED) is 0.477. The monoisotopic (exact) mass is 410 g/mol. The average Bonchev–Trinajstić information content (AvgIpc) is 3.21. The van der Waals surface area contributed by atoms with E-state index in [4.69, 9.17) is 9.47 Å². The van der Waals surface area contributed by atoms with Gasteiger partial charge in [0.25, 0.3) is 0 Å². The highest BCUT2D eigenvalue weighted by Crippen LogP contribution is 2.21. The van der Waals surface area contributed by atoms with E-state index >= 15 is 0 Å². The van der Waals surface area contributed by atoms with Crippen LogP contribution in [0.25, 0.3) is 0 Å². The van der Waals surface area contributed by atoms with Crippen LogP contribution in [-0.2, 0) is 19.1 Å². The van der Waals surface area contributed by atoms with Gasteiger partial charge in [0.2, 0.25) is 0 Å². The van der Waals surface area contributed by atoms with Crippen LogP contribution in [0, 0.1) is 5.92 Å². The number of methoxy groups -OCH3 is 1. The maximum absolute atomic E-state index is 12.5. The summed E-state index contributed by atoms with van der Waals surface area (Å²) in [4.78, 5) is 31.6. The summed E-state index contributed by atoms with van der Waals surface area (Å²) < 4.78 is 10.5. The van der Waals surface area contributed by atoms with Gasteiger partial charge in [-0.3, -0.25) is 9.59 Å². The zero-order valence-corrected chi connectivity index (χ0v) is 18.1. The Bertz CT molecular complexity index is 531. The van der Waals surface area contributed by atoms with E-state index in [-0.39, 0.29) is 11.9 Å². The minimum Gasteiger partial charge on any atom is -0.382 e. The molecule has 0 spiro atoms. The van der Waals surface area contributed by atoms with E-state index < -0.39 is 5.91 Å². The van der Waals surface area contributed by atoms with Gasteiger partial charge in [-0.15, -0.1) is 0 Å². The second-order valence-electron chi connectivity index (χ2n) is 8.79. The van der Waals surface area contributed by atoms with Crippen molar-refractivity contribution in [2.75, 3.05) is 73.2 Å². The first kappa shape index (κ1) is 22.5. The van der Waals surface area contributed by atoms with Crippen LogP contribution in [0.1, 0.15) is 32.1 Å². The predicted octanol–water partition coefficient (Wildman–Crippen LogP) is 0.173. The number of carbonyl (C=O) groups is 2. The third-order valence-corrected chi connectivity index (χ3v) is 6.62. The van der Waals surface area contributed by atoms with Crippen molar-refractivity contribution in [2.24, 2.45) is 5.92 Å². The molecule has 3 aliphatic heterocycles. The van der Waals surface area contributed by atoms with Gasteiger partial charge in [-0.05, 0) is 52.2 Å². The Kier molecular flexibility index (Phi) is 8.71. The Labute approximate surface area is 174 Å². The van der Waals surface area contributed by atoms with Crippen LogP contribution in [0.3, 0.4) is 0 Å². The first-order valence-electron chi connectivity index (χ1n) is 11.2. The van der Waals surface area contributed by atoms with Crippen molar-refractivity contribution in [3.05, 3.63) is 0 Å². The lowest BCUT2D eigenvalue weighted by molar-refractivity contribution is -0.145. The largest absolute Gasteiger partial charge is 0.382 e. The zero-order valence-electron chi connectivity index (χ0n) is 18.1. The number of nitrogens with zero attached hydrogens (tertiary/aromatic N) is 3. The van der Waals surface area contributed by atoms with Gasteiger partial charge in [0.05, 0.1) is 19.8 Å². The van der Waals surface area contributed by atoms with Crippen molar-refractivity contribution in [2.45, 2.75) is 44.2 Å². The number of ether oxygens (including phenoxy) is 2. The molecule has 0 aromatic heterocycles. The van der Waals surface area contributed by atoms with E-state index in [1.54, 1.807) is 12.0 Å². The van der Waals surface area contributed by atoms with Crippen LogP contribution in [0.2, 0.25) is 0 Å². The molecule has 166 valence electrons. The molecule has 3 fully saturated rings. The summed E-state index contributed by atoms with van der Waals surface area (Å²) in [6.45, 7) is 7.37. The molecule has 1 atom stereocenters. The van der Waals surface area contributed by atoms with E-state index in [0.29, 0.717) is 44.9 Å². The Morgan fingerprint density at radius 3 is 2.38 bits per heavy atom. The number of hydrogen-bond acceptors (Lipinski definition) is 6. The van der Waals surface area contributed by atoms with Gasteiger partial charge in [0.1, 0.15) is 0 Å². The molecular formula is C21H38N4O4. The molecule has 0 aromatic carbocycles. The van der Waals surface area contributed by atoms with Crippen molar-refractivity contribution >= 4 is 11.8 Å². The summed E-state index contributed by atoms with van der Waals surface area (Å²) >= 11 is 0. The van der Waals surface area contributed by atoms with Gasteiger partial charge in [0.15, 0.2) is 0 Å². The molecule has 0 bridgehead atoms. The molecule has 3 heterocycles. The Morgan fingerprint density at radius 1 is 0.966 bits per heavy atom. The minimum absolute atomic E-state index is 0.116. The Morgan fingerprint density at radius 2 is 1.69 bits per heavy atom. The normalized spacial score (nSPS) is 25.4. The maximum Gasteiger partial charge on any atom is 0.311 e. The van der Waals surface area contributed by atoms with Crippen LogP contribution in [-0.4, -0.2) is 112 Å². The first-order chi connectivity index (χ1) is 14.1. The van der Waals surface area contributed by atoms with Crippen LogP contribution in [0.5, 0.6) is 0 Å². The zero-order chi connectivity index (χ0) is 20.6. The molecule has 2 amide bonds. The third-order valence-electron chi connectivity index (χ3n) is 6.62. The van der Waals surface area contributed by atoms with Crippen LogP contribution in [0.4, 0.5) is 0 Å². The number of rotatable bonds is 7. The fourth-order valence-electron chi connectivity index (χ4n) is 4.71. The fourth-order valence-corrected chi connectivity index (χ4v) is 4.71. The number of amides is 2. The molecule has 1 unspecified atom stereocenters. The van der Waals surface area contributed by atoms with Crippen molar-refractivity contribution in [1.82, 2.24) is 20.0 Å². The molecule has 3 saturated heterocycles. The molecule has 1 N–H and O–H groups in total. The summed E-state index contributed by atoms with van der Waals surface area (Å²) in [5.41, 5.74) is 0. The summed E-state index contributed by atoms with van der Waals surface area (Å²) in [7, 11) is 3.84. The molecule has 3 rings (SSSR count). The topological polar surface area (TPSA) is 74.3 Å². The van der Waals surface area contributed by atoms with Crippen molar-refractivity contribution in [1.29, 1.82) is 0 Å². The second-order valence-corrected chi connectivity index (χ2v) is 8.79. The SMILES string of the molecule is COCCOCC1CCN(C(=O)C(=O)NC2CCN(C3CCN(C)CC3)CC2)C1. The smallest absolute Gasteiger partial charge is 0.311 e. The van der Waals surface area contributed by atoms with E-state index in [9.17, 15) is 9.59 Å². The maximum atomic E-state index is 12.5. The van der Waals surface area contributed by atoms with E-state index in [1.807, 2.05) is 0 Å². The highest BCUT2D eigenvalue weighted by Gasteiger charge is 2.32. The summed E-state index contributed by atoms with van der Waals surface area (Å²) in [6, 6.07) is 0.793. The van der Waals surface area contributed by atoms with Gasteiger partial charge < -0.3 is 29.5 Å². The molecule has 0 radical (unpaired) electrons. The van der Waals surface area contributed by atoms with Gasteiger partial charge in [-0.1, -0.05) is 0 Å². The van der Waals surface area contributed by atoms with Gasteiger partial charge >= 0.3 is 11.8 Å². The van der Waals surface area contributed by atoms with Gasteiger partial charge in [0, 0.05) is 51.3 Å². The number of nitrogens with one attached hydrogen (secondary N) is 1. The molecule has 3 aliphatic rings. The average molecular weight is 411 g/mol. The molecule has 0 saturated carbocycles. The fraction of sp³-hybridized carbons (Fsp3) is 0.905. The first-order valence-corrected chi connectivity index (χ1v) is 11.2. The lowest BCUT2D eigenvalue weighted by atomic mass is 9.98. The summed E-state index contributed by atoms with van der Waals surface area (Å²) in [5.74, 6) is -0.521. The van der Waals surface area contributed by atoms with E-state index in [1.165, 1.54) is 25.9 Å². The van der Waals surface area contributed by atoms with Crippen molar-refractivity contribution in [3.63, 3.8) is 0 Å².